The first-order valence-corrected chi connectivity index (χ1v) is 6.87. The third kappa shape index (κ3) is 2.80. The summed E-state index contributed by atoms with van der Waals surface area (Å²) in [7, 11) is 3.06. The topological polar surface area (TPSA) is 77.0 Å². The van der Waals surface area contributed by atoms with Gasteiger partial charge >= 0.3 is 18.1 Å². The Balaban J connectivity index is 2.11. The summed E-state index contributed by atoms with van der Waals surface area (Å²) < 4.78 is 43.7. The molecule has 126 valence electrons. The van der Waals surface area contributed by atoms with Gasteiger partial charge in [0, 0.05) is 18.1 Å². The Morgan fingerprint density at radius 1 is 1.42 bits per heavy atom. The van der Waals surface area contributed by atoms with E-state index in [1.54, 1.807) is 25.2 Å². The summed E-state index contributed by atoms with van der Waals surface area (Å²) in [5, 5.41) is 16.3. The van der Waals surface area contributed by atoms with E-state index < -0.39 is 18.1 Å². The van der Waals surface area contributed by atoms with Gasteiger partial charge in [0.05, 0.1) is 5.90 Å². The first kappa shape index (κ1) is 16.2. The molecule has 0 radical (unpaired) electrons. The van der Waals surface area contributed by atoms with Crippen molar-refractivity contribution in [1.82, 2.24) is 4.98 Å². The highest BCUT2D eigenvalue weighted by Gasteiger charge is 2.33. The number of aromatic nitrogens is 2. The summed E-state index contributed by atoms with van der Waals surface area (Å²) in [5.41, 5.74) is 1.16. The second-order valence-electron chi connectivity index (χ2n) is 4.86. The average Bonchev–Trinajstić information content (AvgIpc) is 2.48. The van der Waals surface area contributed by atoms with Crippen LogP contribution in [0.5, 0.6) is 5.88 Å². The minimum Gasteiger partial charge on any atom is -0.855 e. The third-order valence-corrected chi connectivity index (χ3v) is 3.43. The minimum absolute atomic E-state index is 0.0796. The lowest BCUT2D eigenvalue weighted by Gasteiger charge is -2.21. The number of hydrogen-bond acceptors (Lipinski definition) is 6. The van der Waals surface area contributed by atoms with E-state index in [1.165, 1.54) is 16.6 Å². The van der Waals surface area contributed by atoms with Crippen LogP contribution >= 0.6 is 11.6 Å². The van der Waals surface area contributed by atoms with Gasteiger partial charge in [-0.2, -0.15) is 17.7 Å². The molecular weight excluding hydrogens is 351 g/mol. The highest BCUT2D eigenvalue weighted by atomic mass is 35.5. The maximum Gasteiger partial charge on any atom is 0.422 e. The largest absolute Gasteiger partial charge is 0.855 e. The Kier molecular flexibility index (Phi) is 3.71. The molecule has 0 atom stereocenters. The van der Waals surface area contributed by atoms with Gasteiger partial charge in [-0.05, 0) is 12.1 Å². The number of amidine groups is 1. The van der Waals surface area contributed by atoms with Crippen LogP contribution in [-0.2, 0) is 7.05 Å². The smallest absolute Gasteiger partial charge is 0.422 e. The summed E-state index contributed by atoms with van der Waals surface area (Å²) in [4.78, 5) is 7.18. The quantitative estimate of drug-likeness (QED) is 0.401. The molecular formula is C13H9ClF3N5O2. The molecule has 0 unspecified atom stereocenters. The van der Waals surface area contributed by atoms with Gasteiger partial charge in [-0.25, -0.2) is 15.0 Å². The van der Waals surface area contributed by atoms with Crippen molar-refractivity contribution in [3.63, 3.8) is 0 Å². The lowest BCUT2D eigenvalue weighted by Crippen LogP contribution is -2.40. The normalized spacial score (nSPS) is 15.2. The van der Waals surface area contributed by atoms with E-state index in [2.05, 4.69) is 15.1 Å². The van der Waals surface area contributed by atoms with Gasteiger partial charge in [-0.1, -0.05) is 11.6 Å². The minimum atomic E-state index is -5.11. The van der Waals surface area contributed by atoms with Crippen molar-refractivity contribution in [2.75, 3.05) is 12.1 Å². The maximum atomic E-state index is 12.3. The molecule has 2 aromatic rings. The van der Waals surface area contributed by atoms with Gasteiger partial charge in [0.25, 0.3) is 5.82 Å². The van der Waals surface area contributed by atoms with Crippen molar-refractivity contribution in [2.45, 2.75) is 6.18 Å². The van der Waals surface area contributed by atoms with Crippen LogP contribution in [-0.4, -0.2) is 30.1 Å². The summed E-state index contributed by atoms with van der Waals surface area (Å²) >= 11 is 5.95. The number of benzene rings is 1. The molecule has 7 nitrogen and oxygen atoms in total. The highest BCUT2D eigenvalue weighted by Crippen LogP contribution is 2.29. The zero-order valence-corrected chi connectivity index (χ0v) is 13.1. The number of aliphatic imine (C=N–C) groups is 1. The van der Waals surface area contributed by atoms with Crippen molar-refractivity contribution in [3.8, 4) is 5.88 Å². The van der Waals surface area contributed by atoms with Crippen molar-refractivity contribution < 1.29 is 27.6 Å². The molecule has 1 aliphatic rings. The summed E-state index contributed by atoms with van der Waals surface area (Å²) in [6.07, 6.45) is -5.11. The van der Waals surface area contributed by atoms with Gasteiger partial charge in [0.15, 0.2) is 0 Å². The number of rotatable bonds is 0. The molecule has 0 saturated carbocycles. The standard InChI is InChI=1S/C13H9ClF3N5O2/c1-21-8-5-6(14)3-4-7(8)18-9-10(21)24-12(20-22(9)2)19-11(23)13(15,16)17/h3-5H,1-2H3. The molecule has 3 rings (SSSR count). The van der Waals surface area contributed by atoms with Crippen LogP contribution < -0.4 is 19.4 Å². The lowest BCUT2D eigenvalue weighted by molar-refractivity contribution is -0.648. The van der Waals surface area contributed by atoms with Crippen LogP contribution in [0.1, 0.15) is 0 Å². The van der Waals surface area contributed by atoms with Crippen molar-refractivity contribution in [2.24, 2.45) is 17.1 Å². The van der Waals surface area contributed by atoms with Gasteiger partial charge in [-0.3, -0.25) is 0 Å². The van der Waals surface area contributed by atoms with Crippen LogP contribution in [0.3, 0.4) is 0 Å². The van der Waals surface area contributed by atoms with Crippen molar-refractivity contribution >= 4 is 40.4 Å². The van der Waals surface area contributed by atoms with Crippen molar-refractivity contribution in [1.29, 1.82) is 0 Å². The van der Waals surface area contributed by atoms with Gasteiger partial charge < -0.3 is 9.84 Å². The number of alkyl halides is 3. The molecule has 2 heterocycles. The molecule has 24 heavy (non-hydrogen) atoms. The van der Waals surface area contributed by atoms with E-state index in [9.17, 15) is 18.3 Å². The predicted octanol–water partition coefficient (Wildman–Crippen LogP) is 1.13. The molecule has 0 aliphatic carbocycles. The van der Waals surface area contributed by atoms with Crippen LogP contribution in [0.15, 0.2) is 28.3 Å². The van der Waals surface area contributed by atoms with Gasteiger partial charge in [0.2, 0.25) is 5.52 Å². The monoisotopic (exact) mass is 359 g/mol. The van der Waals surface area contributed by atoms with Crippen LogP contribution in [0, 0.1) is 0 Å². The molecule has 1 aliphatic heterocycles. The van der Waals surface area contributed by atoms with E-state index >= 15 is 0 Å². The predicted molar refractivity (Wildman–Crippen MR) is 77.9 cm³/mol. The van der Waals surface area contributed by atoms with E-state index in [-0.39, 0.29) is 11.7 Å². The van der Waals surface area contributed by atoms with Gasteiger partial charge in [0.1, 0.15) is 12.6 Å². The molecule has 0 saturated heterocycles. The van der Waals surface area contributed by atoms with E-state index in [0.717, 1.165) is 0 Å². The number of fused-ring (bicyclic) bond motifs is 2. The number of aryl methyl sites for hydroxylation is 1. The fourth-order valence-electron chi connectivity index (χ4n) is 2.08. The Morgan fingerprint density at radius 3 is 2.79 bits per heavy atom. The molecule has 0 bridgehead atoms. The Labute approximate surface area is 138 Å². The molecule has 0 N–H and O–H groups in total. The highest BCUT2D eigenvalue weighted by molar-refractivity contribution is 6.31. The Bertz CT molecular complexity index is 897. The summed E-state index contributed by atoms with van der Waals surface area (Å²) in [6.45, 7) is 0. The molecule has 0 spiro atoms. The summed E-state index contributed by atoms with van der Waals surface area (Å²) in [6, 6.07) is 4.23. The van der Waals surface area contributed by atoms with E-state index in [0.29, 0.717) is 16.1 Å². The first-order valence-electron chi connectivity index (χ1n) is 6.49. The lowest BCUT2D eigenvalue weighted by atomic mass is 10.3. The van der Waals surface area contributed by atoms with Crippen LogP contribution in [0.2, 0.25) is 5.02 Å². The number of hydrogen-bond donors (Lipinski definition) is 0. The summed E-state index contributed by atoms with van der Waals surface area (Å²) in [5.74, 6) is -1.97. The second kappa shape index (κ2) is 5.48. The molecule has 11 heteroatoms. The number of hydrazone groups is 1. The first-order chi connectivity index (χ1) is 11.2. The zero-order valence-electron chi connectivity index (χ0n) is 12.3. The number of anilines is 1. The second-order valence-corrected chi connectivity index (χ2v) is 5.29. The molecule has 0 amide bonds. The van der Waals surface area contributed by atoms with Gasteiger partial charge in [-0.15, -0.1) is 5.10 Å². The van der Waals surface area contributed by atoms with Crippen LogP contribution in [0.4, 0.5) is 19.0 Å². The third-order valence-electron chi connectivity index (χ3n) is 3.19. The molecule has 0 fully saturated rings. The van der Waals surface area contributed by atoms with Crippen LogP contribution in [0.25, 0.3) is 11.0 Å². The van der Waals surface area contributed by atoms with E-state index in [4.69, 9.17) is 16.3 Å². The number of ether oxygens (including phenoxy) is 1. The fourth-order valence-corrected chi connectivity index (χ4v) is 2.25. The Hall–Kier alpha value is -2.62. The van der Waals surface area contributed by atoms with Crippen molar-refractivity contribution in [3.05, 3.63) is 23.2 Å². The number of halogens is 4. The fraction of sp³-hybridized carbons (Fsp3) is 0.231. The zero-order chi connectivity index (χ0) is 17.6. The Morgan fingerprint density at radius 2 is 2.12 bits per heavy atom. The molecule has 1 aromatic heterocycles. The maximum absolute atomic E-state index is 12.3. The van der Waals surface area contributed by atoms with E-state index in [1.807, 2.05) is 0 Å². The number of nitrogens with zero attached hydrogens (tertiary/aromatic N) is 5. The average molecular weight is 360 g/mol. The molecule has 1 aromatic carbocycles. The SMILES string of the molecule is CN1N=C(/N=C(/[O-])C(F)(F)F)Oc2c1nc1ccc(Cl)cc1[n+]2C.